The maximum absolute atomic E-state index is 2.55. The Morgan fingerprint density at radius 3 is 1.67 bits per heavy atom. The van der Waals surface area contributed by atoms with Crippen LogP contribution in [-0.4, -0.2) is 0 Å². The number of fused-ring (bicyclic) bond motifs is 1. The van der Waals surface area contributed by atoms with Gasteiger partial charge in [-0.1, -0.05) is 99.8 Å². The fourth-order valence-electron chi connectivity index (χ4n) is 3.92. The van der Waals surface area contributed by atoms with E-state index in [-0.39, 0.29) is 38.6 Å². The van der Waals surface area contributed by atoms with Gasteiger partial charge in [0.05, 0.1) is 0 Å². The first-order chi connectivity index (χ1) is 12.4. The van der Waals surface area contributed by atoms with Crippen molar-refractivity contribution in [1.82, 2.24) is 0 Å². The molecule has 2 heteroatoms. The van der Waals surface area contributed by atoms with Crippen LogP contribution < -0.4 is 12.4 Å². The van der Waals surface area contributed by atoms with Crippen LogP contribution in [0.2, 0.25) is 0 Å². The minimum absolute atomic E-state index is 0. The van der Waals surface area contributed by atoms with Crippen molar-refractivity contribution in [3.05, 3.63) is 73.6 Å². The number of rotatable bonds is 6. The average molecular weight is 463 g/mol. The molecule has 2 fully saturated rings. The van der Waals surface area contributed by atoms with Crippen LogP contribution in [0.15, 0.2) is 60.8 Å². The van der Waals surface area contributed by atoms with Gasteiger partial charge in [0.15, 0.2) is 0 Å². The summed E-state index contributed by atoms with van der Waals surface area (Å²) in [5, 5.41) is 0. The maximum atomic E-state index is 2.55. The van der Waals surface area contributed by atoms with Crippen LogP contribution in [0, 0.1) is 30.6 Å². The molecule has 0 aliphatic heterocycles. The van der Waals surface area contributed by atoms with Crippen molar-refractivity contribution < 1.29 is 38.6 Å². The van der Waals surface area contributed by atoms with E-state index >= 15 is 0 Å². The summed E-state index contributed by atoms with van der Waals surface area (Å²) < 4.78 is 0. The Morgan fingerprint density at radius 1 is 0.741 bits per heavy atom. The molecular weight excluding hydrogens is 427 g/mol. The molecule has 1 unspecified atom stereocenters. The third kappa shape index (κ3) is 12.1. The molecule has 0 amide bonds. The Balaban J connectivity index is 0.000000465. The summed E-state index contributed by atoms with van der Waals surface area (Å²) in [4.78, 5) is 0. The predicted molar refractivity (Wildman–Crippen MR) is 112 cm³/mol. The number of hydrogen-bond donors (Lipinski definition) is 0. The minimum atomic E-state index is 0. The summed E-state index contributed by atoms with van der Waals surface area (Å²) in [6.45, 7) is 2.28. The normalized spacial score (nSPS) is 25.6. The number of hydrogen-bond acceptors (Lipinski definition) is 0. The SMILES string of the molecule is CCCCCC/C=C/C1[C@H]2CCCC[C@@H]12.[CH]1C=CC=C1.[CH]1C=CC=C1.[Cl-].[Zr]. The standard InChI is InChI=1S/C15H26.2C5H5.ClH.Zr/c1-2-3-4-5-6-7-10-13-14-11-8-9-12-15(13)14;2*1-2-4-5-3-1;;/h7,10,13-15H,2-6,8-9,11-12H2,1H3;2*1-5H;1H;/p-1/b10-7+;;;;/t13?,14-,15+;;;;. The predicted octanol–water partition coefficient (Wildman–Crippen LogP) is 4.58. The molecule has 27 heavy (non-hydrogen) atoms. The fraction of sp³-hybridized carbons (Fsp3) is 0.520. The van der Waals surface area contributed by atoms with Gasteiger partial charge in [0.25, 0.3) is 0 Å². The smallest absolute Gasteiger partial charge is 0.00506 e. The Hall–Kier alpha value is -0.127. The van der Waals surface area contributed by atoms with E-state index in [1.807, 2.05) is 61.4 Å². The molecule has 0 aromatic heterocycles. The van der Waals surface area contributed by atoms with E-state index in [9.17, 15) is 0 Å². The summed E-state index contributed by atoms with van der Waals surface area (Å²) >= 11 is 0. The van der Waals surface area contributed by atoms with Crippen molar-refractivity contribution in [2.75, 3.05) is 0 Å². The van der Waals surface area contributed by atoms with Crippen LogP contribution in [0.4, 0.5) is 0 Å². The van der Waals surface area contributed by atoms with Gasteiger partial charge in [-0.3, -0.25) is 0 Å². The van der Waals surface area contributed by atoms with Crippen molar-refractivity contribution in [3.63, 3.8) is 0 Å². The van der Waals surface area contributed by atoms with E-state index in [1.54, 1.807) is 0 Å². The molecule has 3 atom stereocenters. The molecule has 0 bridgehead atoms. The van der Waals surface area contributed by atoms with Gasteiger partial charge in [-0.05, 0) is 43.4 Å². The van der Waals surface area contributed by atoms with Crippen molar-refractivity contribution in [2.45, 2.75) is 64.7 Å². The van der Waals surface area contributed by atoms with Crippen LogP contribution in [-0.2, 0) is 26.2 Å². The molecule has 4 aliphatic rings. The molecule has 0 nitrogen and oxygen atoms in total. The van der Waals surface area contributed by atoms with Crippen LogP contribution in [0.5, 0.6) is 0 Å². The van der Waals surface area contributed by atoms with Crippen molar-refractivity contribution in [1.29, 1.82) is 0 Å². The summed E-state index contributed by atoms with van der Waals surface area (Å²) in [6, 6.07) is 0. The molecule has 148 valence electrons. The summed E-state index contributed by atoms with van der Waals surface area (Å²) in [5.74, 6) is 3.20. The third-order valence-corrected chi connectivity index (χ3v) is 5.42. The molecule has 0 aromatic carbocycles. The van der Waals surface area contributed by atoms with Crippen LogP contribution in [0.3, 0.4) is 0 Å². The van der Waals surface area contributed by atoms with Gasteiger partial charge in [-0.25, -0.2) is 0 Å². The number of allylic oxidation sites excluding steroid dienone is 10. The zero-order valence-corrected chi connectivity index (χ0v) is 20.1. The van der Waals surface area contributed by atoms with Crippen LogP contribution >= 0.6 is 0 Å². The summed E-state index contributed by atoms with van der Waals surface area (Å²) in [5.41, 5.74) is 0. The first-order valence-corrected chi connectivity index (χ1v) is 10.4. The van der Waals surface area contributed by atoms with E-state index in [4.69, 9.17) is 0 Å². The van der Waals surface area contributed by atoms with Gasteiger partial charge >= 0.3 is 0 Å². The van der Waals surface area contributed by atoms with Crippen molar-refractivity contribution in [2.24, 2.45) is 17.8 Å². The van der Waals surface area contributed by atoms with Crippen molar-refractivity contribution in [3.8, 4) is 0 Å². The molecule has 0 aromatic rings. The molecular formula is C25H36ClZr-. The Kier molecular flexibility index (Phi) is 17.9. The molecule has 0 saturated heterocycles. The molecule has 0 heterocycles. The third-order valence-electron chi connectivity index (χ3n) is 5.42. The first kappa shape index (κ1) is 26.9. The molecule has 4 aliphatic carbocycles. The minimum Gasteiger partial charge on any atom is -1.00 e. The van der Waals surface area contributed by atoms with E-state index < -0.39 is 0 Å². The van der Waals surface area contributed by atoms with Gasteiger partial charge in [-0.15, -0.1) is 0 Å². The van der Waals surface area contributed by atoms with Crippen LogP contribution in [0.25, 0.3) is 0 Å². The molecule has 4 rings (SSSR count). The number of unbranched alkanes of at least 4 members (excludes halogenated alkanes) is 4. The maximum Gasteiger partial charge on any atom is 0.00506 e. The summed E-state index contributed by atoms with van der Waals surface area (Å²) in [7, 11) is 0. The first-order valence-electron chi connectivity index (χ1n) is 10.4. The fourth-order valence-corrected chi connectivity index (χ4v) is 3.92. The second-order valence-corrected chi connectivity index (χ2v) is 7.39. The number of halogens is 1. The average Bonchev–Trinajstić information content (AvgIpc) is 3.15. The molecule has 2 radical (unpaired) electrons. The topological polar surface area (TPSA) is 0 Å². The van der Waals surface area contributed by atoms with Crippen molar-refractivity contribution >= 4 is 0 Å². The van der Waals surface area contributed by atoms with E-state index in [0.29, 0.717) is 0 Å². The summed E-state index contributed by atoms with van der Waals surface area (Å²) in [6.07, 6.45) is 38.0. The van der Waals surface area contributed by atoms with E-state index in [1.165, 1.54) is 57.8 Å². The van der Waals surface area contributed by atoms with E-state index in [2.05, 4.69) is 19.1 Å². The molecule has 2 saturated carbocycles. The molecule has 0 spiro atoms. The van der Waals surface area contributed by atoms with Gasteiger partial charge in [0.2, 0.25) is 0 Å². The molecule has 0 N–H and O–H groups in total. The van der Waals surface area contributed by atoms with Gasteiger partial charge < -0.3 is 12.4 Å². The Bertz CT molecular complexity index is 433. The largest absolute Gasteiger partial charge is 1.00 e. The zero-order chi connectivity index (χ0) is 17.6. The zero-order valence-electron chi connectivity index (χ0n) is 16.9. The van der Waals surface area contributed by atoms with Gasteiger partial charge in [-0.2, -0.15) is 0 Å². The Morgan fingerprint density at radius 2 is 1.26 bits per heavy atom. The van der Waals surface area contributed by atoms with Gasteiger partial charge in [0, 0.05) is 39.0 Å². The Labute approximate surface area is 193 Å². The monoisotopic (exact) mass is 461 g/mol. The second kappa shape index (κ2) is 17.9. The second-order valence-electron chi connectivity index (χ2n) is 7.39. The van der Waals surface area contributed by atoms with Gasteiger partial charge in [0.1, 0.15) is 0 Å². The van der Waals surface area contributed by atoms with Crippen LogP contribution in [0.1, 0.15) is 64.7 Å². The van der Waals surface area contributed by atoms with E-state index in [0.717, 1.165) is 17.8 Å². The quantitative estimate of drug-likeness (QED) is 0.400.